The van der Waals surface area contributed by atoms with Crippen molar-refractivity contribution in [3.8, 4) is 11.5 Å². The molecule has 4 heteroatoms. The summed E-state index contributed by atoms with van der Waals surface area (Å²) < 4.78 is 0. The van der Waals surface area contributed by atoms with Crippen molar-refractivity contribution < 1.29 is 20.4 Å². The normalized spacial score (nSPS) is 18.4. The predicted molar refractivity (Wildman–Crippen MR) is 60.0 cm³/mol. The van der Waals surface area contributed by atoms with Gasteiger partial charge >= 0.3 is 0 Å². The molecule has 1 fully saturated rings. The highest BCUT2D eigenvalue weighted by Crippen LogP contribution is 2.24. The summed E-state index contributed by atoms with van der Waals surface area (Å²) >= 11 is 0. The lowest BCUT2D eigenvalue weighted by Crippen LogP contribution is -2.30. The Morgan fingerprint density at radius 2 is 1.25 bits per heavy atom. The van der Waals surface area contributed by atoms with Gasteiger partial charge < -0.3 is 20.4 Å². The van der Waals surface area contributed by atoms with Gasteiger partial charge in [0.15, 0.2) is 17.3 Å². The van der Waals surface area contributed by atoms with E-state index in [1.807, 2.05) is 0 Å². The van der Waals surface area contributed by atoms with Gasteiger partial charge in [-0.05, 0) is 25.0 Å². The van der Waals surface area contributed by atoms with Crippen molar-refractivity contribution in [1.82, 2.24) is 0 Å². The minimum atomic E-state index is -1.32. The van der Waals surface area contributed by atoms with Gasteiger partial charge in [-0.1, -0.05) is 18.6 Å². The molecule has 0 aliphatic heterocycles. The largest absolute Gasteiger partial charge is 0.504 e. The van der Waals surface area contributed by atoms with Gasteiger partial charge in [0.2, 0.25) is 0 Å². The Morgan fingerprint density at radius 1 is 0.812 bits per heavy atom. The van der Waals surface area contributed by atoms with Crippen LogP contribution in [0.1, 0.15) is 32.1 Å². The van der Waals surface area contributed by atoms with E-state index < -0.39 is 5.79 Å². The van der Waals surface area contributed by atoms with Crippen molar-refractivity contribution in [2.24, 2.45) is 0 Å². The maximum Gasteiger partial charge on any atom is 0.162 e. The van der Waals surface area contributed by atoms with Crippen LogP contribution < -0.4 is 0 Å². The van der Waals surface area contributed by atoms with Crippen LogP contribution in [0.4, 0.5) is 0 Å². The summed E-state index contributed by atoms with van der Waals surface area (Å²) in [4.78, 5) is 0. The van der Waals surface area contributed by atoms with Crippen molar-refractivity contribution in [3.63, 3.8) is 0 Å². The molecule has 4 N–H and O–H groups in total. The van der Waals surface area contributed by atoms with Crippen LogP contribution in [0.25, 0.3) is 0 Å². The molecule has 0 saturated heterocycles. The number of para-hydroxylation sites is 2. The Labute approximate surface area is 94.8 Å². The van der Waals surface area contributed by atoms with Gasteiger partial charge in [0, 0.05) is 12.8 Å². The molecule has 1 aliphatic rings. The minimum Gasteiger partial charge on any atom is -0.504 e. The number of rotatable bonds is 0. The standard InChI is InChI=1S/C6H12O2.C6H6O2/c7-6(8)4-2-1-3-5-6;7-5-3-1-2-4-6(5)8/h7-8H,1-5H2;1-4,7-8H. The molecule has 1 aromatic carbocycles. The summed E-state index contributed by atoms with van der Waals surface area (Å²) in [5, 5.41) is 35.2. The molecule has 16 heavy (non-hydrogen) atoms. The van der Waals surface area contributed by atoms with Crippen molar-refractivity contribution in [2.45, 2.75) is 37.9 Å². The lowest BCUT2D eigenvalue weighted by atomic mass is 9.95. The molecule has 1 saturated carbocycles. The van der Waals surface area contributed by atoms with Crippen LogP contribution in [0.2, 0.25) is 0 Å². The number of hydrogen-bond donors (Lipinski definition) is 4. The first-order valence-corrected chi connectivity index (χ1v) is 5.43. The number of aromatic hydroxyl groups is 2. The Kier molecular flexibility index (Phi) is 4.58. The second-order valence-electron chi connectivity index (χ2n) is 4.03. The van der Waals surface area contributed by atoms with E-state index in [1.165, 1.54) is 12.1 Å². The number of aliphatic hydroxyl groups is 2. The van der Waals surface area contributed by atoms with Crippen LogP contribution in [-0.2, 0) is 0 Å². The average Bonchev–Trinajstić information content (AvgIpc) is 2.23. The lowest BCUT2D eigenvalue weighted by molar-refractivity contribution is -0.180. The van der Waals surface area contributed by atoms with Crippen molar-refractivity contribution in [2.75, 3.05) is 0 Å². The number of benzene rings is 1. The van der Waals surface area contributed by atoms with E-state index in [2.05, 4.69) is 0 Å². The molecule has 90 valence electrons. The highest BCUT2D eigenvalue weighted by Gasteiger charge is 2.24. The predicted octanol–water partition coefficient (Wildman–Crippen LogP) is 1.73. The number of hydrogen-bond acceptors (Lipinski definition) is 4. The molecular formula is C12H18O4. The first-order chi connectivity index (χ1) is 7.51. The van der Waals surface area contributed by atoms with Gasteiger partial charge in [0.25, 0.3) is 0 Å². The van der Waals surface area contributed by atoms with E-state index in [-0.39, 0.29) is 11.5 Å². The lowest BCUT2D eigenvalue weighted by Gasteiger charge is -2.25. The van der Waals surface area contributed by atoms with Crippen LogP contribution in [0.15, 0.2) is 24.3 Å². The van der Waals surface area contributed by atoms with Crippen LogP contribution in [0.3, 0.4) is 0 Å². The third-order valence-corrected chi connectivity index (χ3v) is 2.54. The van der Waals surface area contributed by atoms with Crippen LogP contribution in [0, 0.1) is 0 Å². The highest BCUT2D eigenvalue weighted by atomic mass is 16.5. The van der Waals surface area contributed by atoms with Gasteiger partial charge in [-0.3, -0.25) is 0 Å². The summed E-state index contributed by atoms with van der Waals surface area (Å²) in [5.41, 5.74) is 0. The van der Waals surface area contributed by atoms with E-state index in [0.717, 1.165) is 19.3 Å². The molecule has 0 atom stereocenters. The first kappa shape index (κ1) is 12.8. The quantitative estimate of drug-likeness (QED) is 0.401. The number of phenols is 2. The second kappa shape index (κ2) is 5.72. The molecule has 0 spiro atoms. The summed E-state index contributed by atoms with van der Waals surface area (Å²) in [6.45, 7) is 0. The molecule has 0 bridgehead atoms. The Bertz CT molecular complexity index is 294. The molecule has 0 heterocycles. The summed E-state index contributed by atoms with van der Waals surface area (Å²) in [6, 6.07) is 6.15. The topological polar surface area (TPSA) is 80.9 Å². The molecule has 0 unspecified atom stereocenters. The molecule has 4 nitrogen and oxygen atoms in total. The van der Waals surface area contributed by atoms with Crippen molar-refractivity contribution >= 4 is 0 Å². The summed E-state index contributed by atoms with van der Waals surface area (Å²) in [5.74, 6) is -1.47. The third-order valence-electron chi connectivity index (χ3n) is 2.54. The van der Waals surface area contributed by atoms with Gasteiger partial charge in [0.1, 0.15) is 0 Å². The SMILES string of the molecule is OC1(O)CCCCC1.Oc1ccccc1O. The van der Waals surface area contributed by atoms with Gasteiger partial charge in [0.05, 0.1) is 0 Å². The Balaban J connectivity index is 0.000000160. The maximum atomic E-state index is 8.93. The van der Waals surface area contributed by atoms with Gasteiger partial charge in [-0.2, -0.15) is 0 Å². The molecule has 0 amide bonds. The summed E-state index contributed by atoms with van der Waals surface area (Å²) in [6.07, 6.45) is 4.21. The monoisotopic (exact) mass is 226 g/mol. The fourth-order valence-electron chi connectivity index (χ4n) is 1.58. The molecule has 0 aromatic heterocycles. The molecular weight excluding hydrogens is 208 g/mol. The number of phenolic OH excluding ortho intramolecular Hbond substituents is 2. The fourth-order valence-corrected chi connectivity index (χ4v) is 1.58. The smallest absolute Gasteiger partial charge is 0.162 e. The second-order valence-corrected chi connectivity index (χ2v) is 4.03. The van der Waals surface area contributed by atoms with E-state index in [4.69, 9.17) is 20.4 Å². The molecule has 1 aliphatic carbocycles. The minimum absolute atomic E-state index is 0.0764. The average molecular weight is 226 g/mol. The maximum absolute atomic E-state index is 8.93. The first-order valence-electron chi connectivity index (χ1n) is 5.43. The van der Waals surface area contributed by atoms with Crippen molar-refractivity contribution in [1.29, 1.82) is 0 Å². The van der Waals surface area contributed by atoms with E-state index in [9.17, 15) is 0 Å². The Hall–Kier alpha value is -1.26. The fraction of sp³-hybridized carbons (Fsp3) is 0.500. The molecule has 0 radical (unpaired) electrons. The molecule has 2 rings (SSSR count). The van der Waals surface area contributed by atoms with E-state index in [0.29, 0.717) is 12.8 Å². The Morgan fingerprint density at radius 3 is 1.50 bits per heavy atom. The zero-order valence-corrected chi connectivity index (χ0v) is 9.13. The van der Waals surface area contributed by atoms with E-state index >= 15 is 0 Å². The highest BCUT2D eigenvalue weighted by molar-refractivity contribution is 5.36. The van der Waals surface area contributed by atoms with Crippen molar-refractivity contribution in [3.05, 3.63) is 24.3 Å². The third kappa shape index (κ3) is 4.51. The zero-order valence-electron chi connectivity index (χ0n) is 9.13. The van der Waals surface area contributed by atoms with Crippen LogP contribution in [-0.4, -0.2) is 26.2 Å². The zero-order chi connectivity index (χ0) is 12.0. The van der Waals surface area contributed by atoms with Gasteiger partial charge in [-0.25, -0.2) is 0 Å². The van der Waals surface area contributed by atoms with Gasteiger partial charge in [-0.15, -0.1) is 0 Å². The van der Waals surface area contributed by atoms with Crippen LogP contribution >= 0.6 is 0 Å². The van der Waals surface area contributed by atoms with E-state index in [1.54, 1.807) is 12.1 Å². The molecule has 1 aromatic rings. The summed E-state index contributed by atoms with van der Waals surface area (Å²) in [7, 11) is 0. The van der Waals surface area contributed by atoms with Crippen LogP contribution in [0.5, 0.6) is 11.5 Å².